The molecular weight excluding hydrogens is 186 g/mol. The van der Waals surface area contributed by atoms with E-state index in [0.717, 1.165) is 12.0 Å². The highest BCUT2D eigenvalue weighted by Crippen LogP contribution is 2.09. The lowest BCUT2D eigenvalue weighted by Crippen LogP contribution is -2.31. The Morgan fingerprint density at radius 2 is 2.20 bits per heavy atom. The first-order chi connectivity index (χ1) is 7.19. The zero-order chi connectivity index (χ0) is 11.3. The lowest BCUT2D eigenvalue weighted by atomic mass is 10.0. The third-order valence-corrected chi connectivity index (χ3v) is 2.24. The van der Waals surface area contributed by atoms with Gasteiger partial charge in [0.25, 0.3) is 5.91 Å². The van der Waals surface area contributed by atoms with Crippen LogP contribution in [-0.2, 0) is 6.42 Å². The molecule has 1 N–H and O–H groups in total. The summed E-state index contributed by atoms with van der Waals surface area (Å²) >= 11 is 0. The van der Waals surface area contributed by atoms with Gasteiger partial charge < -0.3 is 5.32 Å². The highest BCUT2D eigenvalue weighted by atomic mass is 16.1. The first kappa shape index (κ1) is 11.3. The highest BCUT2D eigenvalue weighted by Gasteiger charge is 2.10. The number of terminal acetylenes is 1. The molecule has 0 saturated heterocycles. The molecule has 0 aromatic heterocycles. The smallest absolute Gasteiger partial charge is 0.252 e. The topological polar surface area (TPSA) is 29.1 Å². The van der Waals surface area contributed by atoms with Gasteiger partial charge in [0.05, 0.1) is 6.04 Å². The third-order valence-electron chi connectivity index (χ3n) is 2.24. The Bertz CT molecular complexity index is 390. The van der Waals surface area contributed by atoms with Crippen molar-refractivity contribution in [3.05, 3.63) is 35.4 Å². The zero-order valence-electron chi connectivity index (χ0n) is 9.08. The van der Waals surface area contributed by atoms with Crippen LogP contribution in [0, 0.1) is 12.3 Å². The van der Waals surface area contributed by atoms with Gasteiger partial charge in [-0.05, 0) is 25.0 Å². The van der Waals surface area contributed by atoms with Gasteiger partial charge in [0, 0.05) is 5.56 Å². The summed E-state index contributed by atoms with van der Waals surface area (Å²) in [5.41, 5.74) is 1.75. The minimum Gasteiger partial charge on any atom is -0.339 e. The molecule has 0 spiro atoms. The molecule has 1 aromatic carbocycles. The minimum atomic E-state index is -0.234. The van der Waals surface area contributed by atoms with Gasteiger partial charge in [0.15, 0.2) is 0 Å². The number of amides is 1. The minimum absolute atomic E-state index is 0.0992. The molecule has 0 bridgehead atoms. The third kappa shape index (κ3) is 2.85. The standard InChI is InChI=1S/C13H15NO/c1-4-10(3)14-13(15)12-9-7-6-8-11(12)5-2/h1,6-10H,5H2,2-3H3,(H,14,15). The summed E-state index contributed by atoms with van der Waals surface area (Å²) in [4.78, 5) is 11.8. The number of aryl methyl sites for hydroxylation is 1. The molecule has 0 heterocycles. The molecule has 78 valence electrons. The summed E-state index contributed by atoms with van der Waals surface area (Å²) < 4.78 is 0. The van der Waals surface area contributed by atoms with Gasteiger partial charge >= 0.3 is 0 Å². The quantitative estimate of drug-likeness (QED) is 0.745. The molecule has 2 heteroatoms. The van der Waals surface area contributed by atoms with Crippen LogP contribution >= 0.6 is 0 Å². The van der Waals surface area contributed by atoms with E-state index in [0.29, 0.717) is 5.56 Å². The lowest BCUT2D eigenvalue weighted by Gasteiger charge is -2.10. The predicted molar refractivity (Wildman–Crippen MR) is 61.6 cm³/mol. The van der Waals surface area contributed by atoms with Crippen LogP contribution in [0.3, 0.4) is 0 Å². The molecule has 2 nitrogen and oxygen atoms in total. The van der Waals surface area contributed by atoms with Crippen LogP contribution in [-0.4, -0.2) is 11.9 Å². The zero-order valence-corrected chi connectivity index (χ0v) is 9.08. The first-order valence-corrected chi connectivity index (χ1v) is 5.04. The first-order valence-electron chi connectivity index (χ1n) is 5.04. The van der Waals surface area contributed by atoms with Crippen molar-refractivity contribution in [3.63, 3.8) is 0 Å². The van der Waals surface area contributed by atoms with E-state index in [1.54, 1.807) is 6.92 Å². The average molecular weight is 201 g/mol. The molecule has 1 aromatic rings. The van der Waals surface area contributed by atoms with Crippen LogP contribution in [0.25, 0.3) is 0 Å². The van der Waals surface area contributed by atoms with Crippen molar-refractivity contribution in [2.45, 2.75) is 26.3 Å². The maximum atomic E-state index is 11.8. The van der Waals surface area contributed by atoms with Crippen molar-refractivity contribution in [2.75, 3.05) is 0 Å². The van der Waals surface area contributed by atoms with Gasteiger partial charge in [0.1, 0.15) is 0 Å². The van der Waals surface area contributed by atoms with E-state index < -0.39 is 0 Å². The van der Waals surface area contributed by atoms with Gasteiger partial charge in [-0.15, -0.1) is 6.42 Å². The number of benzene rings is 1. The van der Waals surface area contributed by atoms with Crippen LogP contribution < -0.4 is 5.32 Å². The Morgan fingerprint density at radius 3 is 2.80 bits per heavy atom. The molecule has 0 aliphatic rings. The summed E-state index contributed by atoms with van der Waals surface area (Å²) in [6.07, 6.45) is 6.05. The number of nitrogens with one attached hydrogen (secondary N) is 1. The van der Waals surface area contributed by atoms with Crippen LogP contribution in [0.1, 0.15) is 29.8 Å². The number of carbonyl (C=O) groups is 1. The van der Waals surface area contributed by atoms with Crippen molar-refractivity contribution in [1.29, 1.82) is 0 Å². The van der Waals surface area contributed by atoms with Gasteiger partial charge in [-0.25, -0.2) is 0 Å². The molecule has 15 heavy (non-hydrogen) atoms. The van der Waals surface area contributed by atoms with Crippen LogP contribution in [0.5, 0.6) is 0 Å². The molecule has 0 radical (unpaired) electrons. The fourth-order valence-corrected chi connectivity index (χ4v) is 1.37. The van der Waals surface area contributed by atoms with Crippen LogP contribution in [0.2, 0.25) is 0 Å². The highest BCUT2D eigenvalue weighted by molar-refractivity contribution is 5.96. The van der Waals surface area contributed by atoms with Gasteiger partial charge in [-0.1, -0.05) is 31.0 Å². The Labute approximate surface area is 90.7 Å². The van der Waals surface area contributed by atoms with Gasteiger partial charge in [-0.2, -0.15) is 0 Å². The van der Waals surface area contributed by atoms with Crippen molar-refractivity contribution in [2.24, 2.45) is 0 Å². The Morgan fingerprint density at radius 1 is 1.53 bits per heavy atom. The average Bonchev–Trinajstić information content (AvgIpc) is 2.28. The van der Waals surface area contributed by atoms with Crippen LogP contribution in [0.15, 0.2) is 24.3 Å². The molecule has 0 saturated carbocycles. The fourth-order valence-electron chi connectivity index (χ4n) is 1.37. The van der Waals surface area contributed by atoms with Gasteiger partial charge in [0.2, 0.25) is 0 Å². The summed E-state index contributed by atoms with van der Waals surface area (Å²) in [5, 5.41) is 2.75. The van der Waals surface area contributed by atoms with Crippen LogP contribution in [0.4, 0.5) is 0 Å². The van der Waals surface area contributed by atoms with E-state index in [2.05, 4.69) is 11.2 Å². The Kier molecular flexibility index (Phi) is 3.93. The van der Waals surface area contributed by atoms with E-state index in [4.69, 9.17) is 6.42 Å². The monoisotopic (exact) mass is 201 g/mol. The van der Waals surface area contributed by atoms with E-state index in [9.17, 15) is 4.79 Å². The van der Waals surface area contributed by atoms with Crippen molar-refractivity contribution >= 4 is 5.91 Å². The van der Waals surface area contributed by atoms with E-state index >= 15 is 0 Å². The molecule has 1 amide bonds. The second kappa shape index (κ2) is 5.21. The summed E-state index contributed by atoms with van der Waals surface area (Å²) in [7, 11) is 0. The van der Waals surface area contributed by atoms with Gasteiger partial charge in [-0.3, -0.25) is 4.79 Å². The van der Waals surface area contributed by atoms with Crippen molar-refractivity contribution in [3.8, 4) is 12.3 Å². The van der Waals surface area contributed by atoms with Crippen molar-refractivity contribution < 1.29 is 4.79 Å². The number of carbonyl (C=O) groups excluding carboxylic acids is 1. The molecule has 1 rings (SSSR count). The fraction of sp³-hybridized carbons (Fsp3) is 0.308. The summed E-state index contributed by atoms with van der Waals surface area (Å²) in [6.45, 7) is 3.81. The lowest BCUT2D eigenvalue weighted by molar-refractivity contribution is 0.0947. The van der Waals surface area contributed by atoms with E-state index in [-0.39, 0.29) is 11.9 Å². The second-order valence-electron chi connectivity index (χ2n) is 3.37. The summed E-state index contributed by atoms with van der Waals surface area (Å²) in [6, 6.07) is 7.32. The Balaban J connectivity index is 2.87. The molecule has 1 unspecified atom stereocenters. The Hall–Kier alpha value is -1.75. The second-order valence-corrected chi connectivity index (χ2v) is 3.37. The van der Waals surface area contributed by atoms with Crippen molar-refractivity contribution in [1.82, 2.24) is 5.32 Å². The predicted octanol–water partition coefficient (Wildman–Crippen LogP) is 2.00. The largest absolute Gasteiger partial charge is 0.339 e. The maximum absolute atomic E-state index is 11.8. The van der Waals surface area contributed by atoms with E-state index in [1.807, 2.05) is 31.2 Å². The molecule has 0 fully saturated rings. The molecule has 0 aliphatic carbocycles. The summed E-state index contributed by atoms with van der Waals surface area (Å²) in [5.74, 6) is 2.37. The normalized spacial score (nSPS) is 11.5. The number of hydrogen-bond donors (Lipinski definition) is 1. The number of hydrogen-bond acceptors (Lipinski definition) is 1. The van der Waals surface area contributed by atoms with E-state index in [1.165, 1.54) is 0 Å². The SMILES string of the molecule is C#CC(C)NC(=O)c1ccccc1CC. The molecule has 0 aliphatic heterocycles. The molecule has 1 atom stereocenters. The maximum Gasteiger partial charge on any atom is 0.252 e. The molecular formula is C13H15NO. The number of rotatable bonds is 3.